The molecule has 130 valence electrons. The summed E-state index contributed by atoms with van der Waals surface area (Å²) in [5, 5.41) is 11.8. The smallest absolute Gasteiger partial charge is 0.870 e. The van der Waals surface area contributed by atoms with Crippen LogP contribution < -0.4 is 61.2 Å². The Morgan fingerprint density at radius 2 is 1.84 bits per heavy atom. The molecule has 2 aromatic rings. The molecule has 0 aliphatic rings. The molecule has 2 aromatic carbocycles. The van der Waals surface area contributed by atoms with Gasteiger partial charge in [-0.1, -0.05) is 50.1 Å². The molecular formula is C18H21KO5S. The molecule has 25 heavy (non-hydrogen) atoms. The predicted molar refractivity (Wildman–Crippen MR) is 90.1 cm³/mol. The van der Waals surface area contributed by atoms with E-state index in [0.717, 1.165) is 36.6 Å². The van der Waals surface area contributed by atoms with E-state index in [9.17, 15) is 13.5 Å². The van der Waals surface area contributed by atoms with Crippen molar-refractivity contribution in [2.75, 3.05) is 0 Å². The second kappa shape index (κ2) is 10.7. The van der Waals surface area contributed by atoms with Crippen LogP contribution in [0.2, 0.25) is 0 Å². The van der Waals surface area contributed by atoms with Crippen molar-refractivity contribution in [1.29, 1.82) is 0 Å². The van der Waals surface area contributed by atoms with Gasteiger partial charge >= 0.3 is 51.4 Å². The molecule has 0 amide bonds. The monoisotopic (exact) mass is 388 g/mol. The summed E-state index contributed by atoms with van der Waals surface area (Å²) in [6.07, 6.45) is 5.56. The van der Waals surface area contributed by atoms with Crippen molar-refractivity contribution in [3.63, 3.8) is 0 Å². The maximum absolute atomic E-state index is 11.8. The first kappa shape index (κ1) is 22.6. The van der Waals surface area contributed by atoms with Gasteiger partial charge in [-0.15, -0.1) is 0 Å². The van der Waals surface area contributed by atoms with E-state index in [-0.39, 0.29) is 62.0 Å². The molecule has 2 rings (SSSR count). The van der Waals surface area contributed by atoms with Gasteiger partial charge < -0.3 is 9.84 Å². The zero-order chi connectivity index (χ0) is 17.6. The summed E-state index contributed by atoms with van der Waals surface area (Å²) in [5.41, 5.74) is 1.10. The number of aryl methyl sites for hydroxylation is 1. The van der Waals surface area contributed by atoms with E-state index < -0.39 is 15.9 Å². The molecule has 0 saturated carbocycles. The standard InChI is InChI=1S/C18H22O5S.K/c1-2-3-4-5-7-14-8-6-9-15(12-14)23-18-13-16(24(20,21)22)10-11-17(18)19;/h6,8-13,19H,2-5,7H2,1H3,(H,20,21,22);/q;+1/p-1. The van der Waals surface area contributed by atoms with E-state index in [4.69, 9.17) is 9.29 Å². The summed E-state index contributed by atoms with van der Waals surface area (Å²) in [6, 6.07) is 10.5. The third-order valence-corrected chi connectivity index (χ3v) is 4.51. The maximum atomic E-state index is 11.8. The molecule has 1 N–H and O–H groups in total. The van der Waals surface area contributed by atoms with Gasteiger partial charge in [-0.3, -0.25) is 4.55 Å². The molecule has 0 unspecified atom stereocenters. The van der Waals surface area contributed by atoms with Crippen LogP contribution in [-0.4, -0.2) is 13.0 Å². The zero-order valence-electron chi connectivity index (χ0n) is 14.6. The third-order valence-electron chi connectivity index (χ3n) is 3.66. The Kier molecular flexibility index (Phi) is 9.65. The van der Waals surface area contributed by atoms with Gasteiger partial charge in [0.1, 0.15) is 11.5 Å². The van der Waals surface area contributed by atoms with Crippen molar-refractivity contribution < 1.29 is 74.2 Å². The molecular weight excluding hydrogens is 367 g/mol. The molecule has 0 spiro atoms. The van der Waals surface area contributed by atoms with E-state index in [1.165, 1.54) is 19.3 Å². The summed E-state index contributed by atoms with van der Waals surface area (Å²) in [4.78, 5) is -0.368. The van der Waals surface area contributed by atoms with Crippen LogP contribution in [0.3, 0.4) is 0 Å². The Hall–Kier alpha value is -0.414. The van der Waals surface area contributed by atoms with Gasteiger partial charge in [-0.2, -0.15) is 8.42 Å². The molecule has 0 heterocycles. The van der Waals surface area contributed by atoms with E-state index in [2.05, 4.69) is 6.92 Å². The fourth-order valence-electron chi connectivity index (χ4n) is 2.38. The number of rotatable bonds is 8. The van der Waals surface area contributed by atoms with Crippen LogP contribution in [0.25, 0.3) is 0 Å². The second-order valence-electron chi connectivity index (χ2n) is 5.64. The van der Waals surface area contributed by atoms with Crippen LogP contribution in [0.15, 0.2) is 47.4 Å². The minimum absolute atomic E-state index is 0. The summed E-state index contributed by atoms with van der Waals surface area (Å²) < 4.78 is 36.9. The van der Waals surface area contributed by atoms with Gasteiger partial charge in [0.25, 0.3) is 10.1 Å². The Balaban J connectivity index is 0.00000312. The normalized spacial score (nSPS) is 11.0. The van der Waals surface area contributed by atoms with Crippen molar-refractivity contribution in [2.24, 2.45) is 0 Å². The predicted octanol–water partition coefficient (Wildman–Crippen LogP) is 0.926. The topological polar surface area (TPSA) is 86.7 Å². The molecule has 5 nitrogen and oxygen atoms in total. The summed E-state index contributed by atoms with van der Waals surface area (Å²) in [5.74, 6) is -0.114. The van der Waals surface area contributed by atoms with Gasteiger partial charge in [0.05, 0.1) is 4.90 Å². The number of hydrogen-bond donors (Lipinski definition) is 1. The fourth-order valence-corrected chi connectivity index (χ4v) is 2.87. The van der Waals surface area contributed by atoms with Crippen LogP contribution in [0.5, 0.6) is 17.2 Å². The number of unbranched alkanes of at least 4 members (excludes halogenated alkanes) is 3. The third kappa shape index (κ3) is 7.38. The Morgan fingerprint density at radius 3 is 2.52 bits per heavy atom. The summed E-state index contributed by atoms with van der Waals surface area (Å²) in [6.45, 7) is 2.16. The second-order valence-corrected chi connectivity index (χ2v) is 7.07. The van der Waals surface area contributed by atoms with E-state index >= 15 is 0 Å². The van der Waals surface area contributed by atoms with Crippen molar-refractivity contribution in [3.8, 4) is 17.2 Å². The molecule has 7 heteroatoms. The first-order chi connectivity index (χ1) is 11.4. The van der Waals surface area contributed by atoms with E-state index in [1.54, 1.807) is 6.07 Å². The van der Waals surface area contributed by atoms with Crippen LogP contribution in [-0.2, 0) is 16.5 Å². The van der Waals surface area contributed by atoms with Crippen molar-refractivity contribution >= 4 is 10.1 Å². The molecule has 0 radical (unpaired) electrons. The number of ether oxygens (including phenoxy) is 1. The molecule has 0 aliphatic carbocycles. The van der Waals surface area contributed by atoms with Crippen molar-refractivity contribution in [2.45, 2.75) is 43.9 Å². The number of benzene rings is 2. The zero-order valence-corrected chi connectivity index (χ0v) is 18.5. The molecule has 0 aliphatic heterocycles. The summed E-state index contributed by atoms with van der Waals surface area (Å²) >= 11 is 0. The molecule has 0 fully saturated rings. The minimum Gasteiger partial charge on any atom is -0.870 e. The first-order valence-corrected chi connectivity index (χ1v) is 9.39. The fraction of sp³-hybridized carbons (Fsp3) is 0.333. The Morgan fingerprint density at radius 1 is 1.08 bits per heavy atom. The number of hydrogen-bond acceptors (Lipinski definition) is 4. The SMILES string of the molecule is CCCCCCc1cccc(Oc2cc(S(=O)(=O)O)ccc2[O-])c1.[K+]. The minimum atomic E-state index is -4.38. The summed E-state index contributed by atoms with van der Waals surface area (Å²) in [7, 11) is -4.38. The van der Waals surface area contributed by atoms with Gasteiger partial charge in [-0.05, 0) is 36.6 Å². The average molecular weight is 389 g/mol. The van der Waals surface area contributed by atoms with Gasteiger partial charge in [0.2, 0.25) is 0 Å². The molecule has 0 aromatic heterocycles. The van der Waals surface area contributed by atoms with Crippen LogP contribution in [0.4, 0.5) is 0 Å². The Labute approximate surface area is 191 Å². The first-order valence-electron chi connectivity index (χ1n) is 7.95. The average Bonchev–Trinajstić information content (AvgIpc) is 2.53. The molecule has 0 bridgehead atoms. The van der Waals surface area contributed by atoms with Crippen LogP contribution >= 0.6 is 0 Å². The van der Waals surface area contributed by atoms with Crippen molar-refractivity contribution in [1.82, 2.24) is 0 Å². The van der Waals surface area contributed by atoms with E-state index in [1.807, 2.05) is 18.2 Å². The van der Waals surface area contributed by atoms with Gasteiger partial charge in [0.15, 0.2) is 0 Å². The largest absolute Gasteiger partial charge is 1.00 e. The van der Waals surface area contributed by atoms with Crippen molar-refractivity contribution in [3.05, 3.63) is 48.0 Å². The molecule has 0 saturated heterocycles. The van der Waals surface area contributed by atoms with Crippen LogP contribution in [0.1, 0.15) is 38.2 Å². The maximum Gasteiger partial charge on any atom is 1.00 e. The van der Waals surface area contributed by atoms with Gasteiger partial charge in [0, 0.05) is 6.07 Å². The van der Waals surface area contributed by atoms with Crippen LogP contribution in [0, 0.1) is 0 Å². The molecule has 0 atom stereocenters. The quantitative estimate of drug-likeness (QED) is 0.413. The Bertz CT molecular complexity index is 790. The van der Waals surface area contributed by atoms with Gasteiger partial charge in [-0.25, -0.2) is 0 Å². The van der Waals surface area contributed by atoms with E-state index in [0.29, 0.717) is 5.75 Å².